The Labute approximate surface area is 243 Å². The average Bonchev–Trinajstić information content (AvgIpc) is 2.94. The minimum absolute atomic E-state index is 0.0274. The predicted molar refractivity (Wildman–Crippen MR) is 162 cm³/mol. The first-order valence-corrected chi connectivity index (χ1v) is 18.5. The summed E-state index contributed by atoms with van der Waals surface area (Å²) in [7, 11) is -1.40. The van der Waals surface area contributed by atoms with E-state index in [9.17, 15) is 14.4 Å². The molecule has 0 saturated heterocycles. The number of Topliss-reactive ketones (excluding diaryl/α,β-unsaturated/α-hetero) is 1. The number of benzene rings is 3. The Hall–Kier alpha value is -3.45. The third-order valence-electron chi connectivity index (χ3n) is 8.30. The highest BCUT2D eigenvalue weighted by Crippen LogP contribution is 2.55. The summed E-state index contributed by atoms with van der Waals surface area (Å²) >= 11 is 0. The molecule has 4 atom stereocenters. The largest absolute Gasteiger partial charge is 0.493 e. The second-order valence-corrected chi connectivity index (χ2v) is 18.1. The average molecular weight is 573 g/mol. The highest BCUT2D eigenvalue weighted by molar-refractivity contribution is 6.76. The second-order valence-electron chi connectivity index (χ2n) is 12.5. The molecule has 216 valence electrons. The first-order chi connectivity index (χ1) is 19.7. The van der Waals surface area contributed by atoms with Crippen LogP contribution in [0, 0.1) is 11.8 Å². The molecule has 3 aliphatic rings. The van der Waals surface area contributed by atoms with Crippen LogP contribution in [-0.2, 0) is 30.3 Å². The summed E-state index contributed by atoms with van der Waals surface area (Å²) < 4.78 is 17.4. The molecule has 3 aliphatic carbocycles. The normalized spacial score (nSPS) is 21.4. The van der Waals surface area contributed by atoms with Gasteiger partial charge in [0.1, 0.15) is 11.5 Å². The molecule has 6 nitrogen and oxygen atoms in total. The first-order valence-electron chi connectivity index (χ1n) is 14.8. The van der Waals surface area contributed by atoms with E-state index in [0.29, 0.717) is 25.4 Å². The van der Waals surface area contributed by atoms with Crippen molar-refractivity contribution in [2.45, 2.75) is 63.7 Å². The maximum Gasteiger partial charge on any atom is 0.310 e. The SMILES string of the molecule is CCCOC(=O)[C@H]1[C@H](C(=O)OCC[Si](C)(C)C)C2CC(=O)[C@H]1c1cc(OCCc3ccc4ccccc4c3)ccc12. The maximum atomic E-state index is 13.5. The van der Waals surface area contributed by atoms with E-state index in [1.165, 1.54) is 16.3 Å². The summed E-state index contributed by atoms with van der Waals surface area (Å²) in [6.45, 7) is 9.67. The highest BCUT2D eigenvalue weighted by atomic mass is 28.3. The first kappa shape index (κ1) is 29.1. The van der Waals surface area contributed by atoms with E-state index in [1.54, 1.807) is 0 Å². The molecule has 0 N–H and O–H groups in total. The quantitative estimate of drug-likeness (QED) is 0.188. The lowest BCUT2D eigenvalue weighted by atomic mass is 9.55. The minimum Gasteiger partial charge on any atom is -0.493 e. The van der Waals surface area contributed by atoms with Crippen molar-refractivity contribution < 1.29 is 28.6 Å². The van der Waals surface area contributed by atoms with E-state index in [0.717, 1.165) is 23.6 Å². The number of ether oxygens (including phenoxy) is 3. The van der Waals surface area contributed by atoms with E-state index >= 15 is 0 Å². The van der Waals surface area contributed by atoms with Gasteiger partial charge in [-0.2, -0.15) is 0 Å². The number of hydrogen-bond acceptors (Lipinski definition) is 6. The summed E-state index contributed by atoms with van der Waals surface area (Å²) in [4.78, 5) is 40.1. The van der Waals surface area contributed by atoms with Gasteiger partial charge in [-0.3, -0.25) is 14.4 Å². The molecule has 41 heavy (non-hydrogen) atoms. The summed E-state index contributed by atoms with van der Waals surface area (Å²) in [5, 5.41) is 2.40. The van der Waals surface area contributed by atoms with Gasteiger partial charge in [-0.05, 0) is 52.1 Å². The molecule has 2 bridgehead atoms. The van der Waals surface area contributed by atoms with Crippen molar-refractivity contribution >= 4 is 36.6 Å². The van der Waals surface area contributed by atoms with Crippen molar-refractivity contribution in [3.8, 4) is 5.75 Å². The smallest absolute Gasteiger partial charge is 0.310 e. The van der Waals surface area contributed by atoms with Crippen LogP contribution in [0.1, 0.15) is 48.3 Å². The lowest BCUT2D eigenvalue weighted by Crippen LogP contribution is -2.50. The van der Waals surface area contributed by atoms with Gasteiger partial charge in [-0.25, -0.2) is 0 Å². The standard InChI is InChI=1S/C34H40O6Si/c1-5-15-39-34(37)32-30-27-20-25(38-16-14-22-10-11-23-8-6-7-9-24(23)19-22)12-13-26(27)28(21-29(30)35)31(32)33(36)40-17-18-41(2,3)4/h6-13,19-20,28,30-32H,5,14-18,21H2,1-4H3/t28?,30-,31-,32-/m1/s1. The van der Waals surface area contributed by atoms with Crippen molar-refractivity contribution in [3.63, 3.8) is 0 Å². The number of carbonyl (C=O) groups excluding carboxylic acids is 3. The molecule has 1 unspecified atom stereocenters. The molecule has 0 aromatic heterocycles. The van der Waals surface area contributed by atoms with Gasteiger partial charge in [0.05, 0.1) is 37.6 Å². The van der Waals surface area contributed by atoms with Crippen LogP contribution in [0.15, 0.2) is 60.7 Å². The molecule has 0 amide bonds. The number of rotatable bonds is 11. The fourth-order valence-corrected chi connectivity index (χ4v) is 6.89. The number of fused-ring (bicyclic) bond motifs is 3. The van der Waals surface area contributed by atoms with Crippen LogP contribution in [0.3, 0.4) is 0 Å². The molecule has 0 aliphatic heterocycles. The third-order valence-corrected chi connectivity index (χ3v) is 10.0. The summed E-state index contributed by atoms with van der Waals surface area (Å²) in [6, 6.07) is 21.3. The summed E-state index contributed by atoms with van der Waals surface area (Å²) in [6.07, 6.45) is 1.63. The molecule has 3 aromatic carbocycles. The summed E-state index contributed by atoms with van der Waals surface area (Å²) in [5.41, 5.74) is 2.90. The molecule has 0 radical (unpaired) electrons. The van der Waals surface area contributed by atoms with E-state index in [1.807, 2.05) is 37.3 Å². The topological polar surface area (TPSA) is 78.9 Å². The number of hydrogen-bond donors (Lipinski definition) is 0. The van der Waals surface area contributed by atoms with Crippen LogP contribution >= 0.6 is 0 Å². The van der Waals surface area contributed by atoms with Crippen LogP contribution in [0.4, 0.5) is 0 Å². The molecular weight excluding hydrogens is 532 g/mol. The Morgan fingerprint density at radius 1 is 0.829 bits per heavy atom. The molecule has 0 spiro atoms. The zero-order valence-electron chi connectivity index (χ0n) is 24.5. The number of esters is 2. The maximum absolute atomic E-state index is 13.5. The molecule has 1 fully saturated rings. The Balaban J connectivity index is 1.36. The molecule has 0 heterocycles. The molecular formula is C34H40O6Si. The van der Waals surface area contributed by atoms with E-state index in [4.69, 9.17) is 14.2 Å². The van der Waals surface area contributed by atoms with Crippen LogP contribution in [0.25, 0.3) is 10.8 Å². The van der Waals surface area contributed by atoms with E-state index in [-0.39, 0.29) is 18.8 Å². The lowest BCUT2D eigenvalue weighted by Gasteiger charge is -2.46. The molecule has 1 saturated carbocycles. The van der Waals surface area contributed by atoms with E-state index < -0.39 is 43.7 Å². The van der Waals surface area contributed by atoms with E-state index in [2.05, 4.69) is 50.0 Å². The van der Waals surface area contributed by atoms with Gasteiger partial charge in [0.2, 0.25) is 0 Å². The van der Waals surface area contributed by atoms with Crippen molar-refractivity contribution in [2.75, 3.05) is 19.8 Å². The Bertz CT molecular complexity index is 1440. The fourth-order valence-electron chi connectivity index (χ4n) is 6.18. The molecule has 3 aromatic rings. The number of carbonyl (C=O) groups is 3. The molecule has 7 heteroatoms. The van der Waals surface area contributed by atoms with Crippen molar-refractivity contribution in [2.24, 2.45) is 11.8 Å². The van der Waals surface area contributed by atoms with Gasteiger partial charge in [-0.1, -0.05) is 75.1 Å². The highest BCUT2D eigenvalue weighted by Gasteiger charge is 2.57. The van der Waals surface area contributed by atoms with Gasteiger partial charge in [0, 0.05) is 26.8 Å². The zero-order chi connectivity index (χ0) is 29.1. The van der Waals surface area contributed by atoms with Crippen LogP contribution < -0.4 is 4.74 Å². The van der Waals surface area contributed by atoms with Crippen molar-refractivity contribution in [3.05, 3.63) is 77.4 Å². The van der Waals surface area contributed by atoms with Crippen LogP contribution in [-0.4, -0.2) is 45.6 Å². The Morgan fingerprint density at radius 2 is 1.56 bits per heavy atom. The van der Waals surface area contributed by atoms with Crippen LogP contribution in [0.2, 0.25) is 25.7 Å². The minimum atomic E-state index is -1.40. The second kappa shape index (κ2) is 12.2. The monoisotopic (exact) mass is 572 g/mol. The van der Waals surface area contributed by atoms with Gasteiger partial charge >= 0.3 is 11.9 Å². The van der Waals surface area contributed by atoms with Crippen LogP contribution in [0.5, 0.6) is 5.75 Å². The van der Waals surface area contributed by atoms with Gasteiger partial charge in [-0.15, -0.1) is 0 Å². The van der Waals surface area contributed by atoms with Crippen molar-refractivity contribution in [1.82, 2.24) is 0 Å². The molecule has 6 rings (SSSR count). The lowest BCUT2D eigenvalue weighted by molar-refractivity contribution is -0.167. The predicted octanol–water partition coefficient (Wildman–Crippen LogP) is 6.68. The van der Waals surface area contributed by atoms with Gasteiger partial charge in [0.25, 0.3) is 0 Å². The third kappa shape index (κ3) is 6.40. The Morgan fingerprint density at radius 3 is 2.32 bits per heavy atom. The van der Waals surface area contributed by atoms with Gasteiger partial charge in [0.15, 0.2) is 0 Å². The zero-order valence-corrected chi connectivity index (χ0v) is 25.5. The number of ketones is 1. The van der Waals surface area contributed by atoms with Gasteiger partial charge < -0.3 is 14.2 Å². The van der Waals surface area contributed by atoms with Crippen molar-refractivity contribution in [1.29, 1.82) is 0 Å². The fraction of sp³-hybridized carbons (Fsp3) is 0.441. The summed E-state index contributed by atoms with van der Waals surface area (Å²) in [5.74, 6) is -3.02. The Kier molecular flexibility index (Phi) is 8.64.